The van der Waals surface area contributed by atoms with Crippen LogP contribution in [0.4, 0.5) is 9.18 Å². The van der Waals surface area contributed by atoms with Crippen molar-refractivity contribution in [3.05, 3.63) is 35.6 Å². The number of benzene rings is 1. The summed E-state index contributed by atoms with van der Waals surface area (Å²) in [7, 11) is 0. The zero-order valence-corrected chi connectivity index (χ0v) is 16.5. The smallest absolute Gasteiger partial charge is 0.320 e. The Bertz CT molecular complexity index is 640. The second kappa shape index (κ2) is 7.78. The fraction of sp³-hybridized carbons (Fsp3) is 0.682. The zero-order chi connectivity index (χ0) is 19.0. The lowest BCUT2D eigenvalue weighted by Crippen LogP contribution is -2.55. The van der Waals surface area contributed by atoms with Crippen LogP contribution in [0.5, 0.6) is 0 Å². The summed E-state index contributed by atoms with van der Waals surface area (Å²) in [5.74, 6) is 0.276. The number of rotatable bonds is 3. The van der Waals surface area contributed by atoms with E-state index in [1.165, 1.54) is 5.56 Å². The number of hydrogen-bond donors (Lipinski definition) is 1. The van der Waals surface area contributed by atoms with Crippen LogP contribution in [0.3, 0.4) is 0 Å². The molecule has 3 fully saturated rings. The third-order valence-corrected chi connectivity index (χ3v) is 6.63. The van der Waals surface area contributed by atoms with Gasteiger partial charge in [-0.2, -0.15) is 0 Å². The largest absolute Gasteiger partial charge is 0.325 e. The molecular formula is C22H32FN3O. The van der Waals surface area contributed by atoms with Crippen molar-refractivity contribution in [3.63, 3.8) is 0 Å². The van der Waals surface area contributed by atoms with Gasteiger partial charge in [0.1, 0.15) is 5.82 Å². The van der Waals surface area contributed by atoms with Gasteiger partial charge in [0, 0.05) is 37.3 Å². The Kier molecular flexibility index (Phi) is 5.40. The highest BCUT2D eigenvalue weighted by Gasteiger charge is 2.45. The van der Waals surface area contributed by atoms with Crippen LogP contribution < -0.4 is 5.32 Å². The SMILES string of the molecule is CC(C)NC1CCN(C(=O)N2[C@@H]3CC[C@H]2CC(c2ccc(F)cc2)C3)CC1. The van der Waals surface area contributed by atoms with E-state index in [1.807, 2.05) is 12.1 Å². The van der Waals surface area contributed by atoms with E-state index in [4.69, 9.17) is 0 Å². The average molecular weight is 374 g/mol. The Morgan fingerprint density at radius 2 is 1.63 bits per heavy atom. The van der Waals surface area contributed by atoms with Crippen molar-refractivity contribution >= 4 is 6.03 Å². The number of hydrogen-bond acceptors (Lipinski definition) is 2. The van der Waals surface area contributed by atoms with Crippen LogP contribution in [0.25, 0.3) is 0 Å². The molecule has 4 rings (SSSR count). The summed E-state index contributed by atoms with van der Waals surface area (Å²) in [5.41, 5.74) is 1.22. The number of fused-ring (bicyclic) bond motifs is 2. The van der Waals surface area contributed by atoms with E-state index in [-0.39, 0.29) is 11.8 Å². The van der Waals surface area contributed by atoms with Crippen LogP contribution in [-0.2, 0) is 0 Å². The normalized spacial score (nSPS) is 28.8. The second-order valence-electron chi connectivity index (χ2n) is 8.88. The van der Waals surface area contributed by atoms with Crippen LogP contribution in [0.15, 0.2) is 24.3 Å². The summed E-state index contributed by atoms with van der Waals surface area (Å²) in [4.78, 5) is 17.5. The summed E-state index contributed by atoms with van der Waals surface area (Å²) in [5, 5.41) is 3.60. The molecular weight excluding hydrogens is 341 g/mol. The predicted molar refractivity (Wildman–Crippen MR) is 105 cm³/mol. The van der Waals surface area contributed by atoms with Gasteiger partial charge in [0.25, 0.3) is 0 Å². The number of piperidine rings is 2. The molecule has 4 nitrogen and oxygen atoms in total. The maximum Gasteiger partial charge on any atom is 0.320 e. The van der Waals surface area contributed by atoms with Crippen molar-refractivity contribution < 1.29 is 9.18 Å². The molecule has 1 unspecified atom stereocenters. The third kappa shape index (κ3) is 3.98. The molecule has 0 aromatic heterocycles. The van der Waals surface area contributed by atoms with Crippen molar-refractivity contribution in [2.24, 2.45) is 0 Å². The molecule has 0 saturated carbocycles. The van der Waals surface area contributed by atoms with Crippen LogP contribution >= 0.6 is 0 Å². The van der Waals surface area contributed by atoms with Gasteiger partial charge < -0.3 is 15.1 Å². The van der Waals surface area contributed by atoms with Crippen molar-refractivity contribution in [1.82, 2.24) is 15.1 Å². The van der Waals surface area contributed by atoms with Crippen molar-refractivity contribution in [3.8, 4) is 0 Å². The third-order valence-electron chi connectivity index (χ3n) is 6.63. The van der Waals surface area contributed by atoms with Gasteiger partial charge in [0.15, 0.2) is 0 Å². The average Bonchev–Trinajstić information content (AvgIpc) is 2.91. The molecule has 27 heavy (non-hydrogen) atoms. The van der Waals surface area contributed by atoms with Gasteiger partial charge in [0.2, 0.25) is 0 Å². The van der Waals surface area contributed by atoms with Gasteiger partial charge in [-0.25, -0.2) is 9.18 Å². The first-order chi connectivity index (χ1) is 13.0. The molecule has 3 heterocycles. The quantitative estimate of drug-likeness (QED) is 0.865. The van der Waals surface area contributed by atoms with Crippen molar-refractivity contribution in [2.75, 3.05) is 13.1 Å². The molecule has 0 radical (unpaired) electrons. The van der Waals surface area contributed by atoms with Crippen LogP contribution in [-0.4, -0.2) is 53.1 Å². The van der Waals surface area contributed by atoms with Gasteiger partial charge in [-0.3, -0.25) is 0 Å². The number of carbonyl (C=O) groups is 1. The highest BCUT2D eigenvalue weighted by Crippen LogP contribution is 2.43. The van der Waals surface area contributed by atoms with Gasteiger partial charge in [0.05, 0.1) is 0 Å². The summed E-state index contributed by atoms with van der Waals surface area (Å²) >= 11 is 0. The standard InChI is InChI=1S/C22H32FN3O/c1-15(2)24-19-9-11-25(12-10-19)22(27)26-20-7-8-21(26)14-17(13-20)16-3-5-18(23)6-4-16/h3-6,15,17,19-21,24H,7-14H2,1-2H3/t17?,20-,21+. The van der Waals surface area contributed by atoms with Gasteiger partial charge in [-0.15, -0.1) is 0 Å². The molecule has 3 atom stereocenters. The molecule has 0 spiro atoms. The molecule has 0 aliphatic carbocycles. The molecule has 2 bridgehead atoms. The van der Waals surface area contributed by atoms with Gasteiger partial charge in [-0.05, 0) is 62.1 Å². The van der Waals surface area contributed by atoms with Gasteiger partial charge >= 0.3 is 6.03 Å². The van der Waals surface area contributed by atoms with Crippen molar-refractivity contribution in [2.45, 2.75) is 82.5 Å². The molecule has 1 N–H and O–H groups in total. The highest BCUT2D eigenvalue weighted by atomic mass is 19.1. The summed E-state index contributed by atoms with van der Waals surface area (Å²) < 4.78 is 13.2. The molecule has 2 amide bonds. The van der Waals surface area contributed by atoms with E-state index in [9.17, 15) is 9.18 Å². The second-order valence-corrected chi connectivity index (χ2v) is 8.88. The minimum atomic E-state index is -0.176. The molecule has 3 saturated heterocycles. The van der Waals surface area contributed by atoms with Crippen LogP contribution in [0, 0.1) is 5.82 Å². The number of amides is 2. The van der Waals surface area contributed by atoms with E-state index in [0.717, 1.165) is 51.6 Å². The number of urea groups is 1. The van der Waals surface area contributed by atoms with Crippen LogP contribution in [0.2, 0.25) is 0 Å². The first kappa shape index (κ1) is 18.7. The molecule has 5 heteroatoms. The lowest BCUT2D eigenvalue weighted by Gasteiger charge is -2.43. The summed E-state index contributed by atoms with van der Waals surface area (Å²) in [6, 6.07) is 8.94. The van der Waals surface area contributed by atoms with E-state index in [1.54, 1.807) is 12.1 Å². The molecule has 1 aromatic carbocycles. The molecule has 3 aliphatic rings. The fourth-order valence-corrected chi connectivity index (χ4v) is 5.37. The topological polar surface area (TPSA) is 35.6 Å². The van der Waals surface area contributed by atoms with E-state index in [2.05, 4.69) is 29.0 Å². The number of nitrogens with one attached hydrogen (secondary N) is 1. The van der Waals surface area contributed by atoms with Crippen LogP contribution in [0.1, 0.15) is 63.9 Å². The molecule has 3 aliphatic heterocycles. The lowest BCUT2D eigenvalue weighted by atomic mass is 9.85. The first-order valence-corrected chi connectivity index (χ1v) is 10.6. The Hall–Kier alpha value is -1.62. The maximum absolute atomic E-state index is 13.2. The predicted octanol–water partition coefficient (Wildman–Crippen LogP) is 4.12. The monoisotopic (exact) mass is 373 g/mol. The van der Waals surface area contributed by atoms with E-state index < -0.39 is 0 Å². The highest BCUT2D eigenvalue weighted by molar-refractivity contribution is 5.76. The number of carbonyl (C=O) groups excluding carboxylic acids is 1. The Morgan fingerprint density at radius 1 is 1.04 bits per heavy atom. The van der Waals surface area contributed by atoms with Gasteiger partial charge in [-0.1, -0.05) is 26.0 Å². The Balaban J connectivity index is 1.37. The minimum absolute atomic E-state index is 0.176. The van der Waals surface area contributed by atoms with Crippen molar-refractivity contribution in [1.29, 1.82) is 0 Å². The first-order valence-electron chi connectivity index (χ1n) is 10.6. The summed E-state index contributed by atoms with van der Waals surface area (Å²) in [6.45, 7) is 6.09. The summed E-state index contributed by atoms with van der Waals surface area (Å²) in [6.07, 6.45) is 6.34. The van der Waals surface area contributed by atoms with E-state index in [0.29, 0.717) is 30.1 Å². The zero-order valence-electron chi connectivity index (χ0n) is 16.5. The number of halogens is 1. The lowest BCUT2D eigenvalue weighted by molar-refractivity contribution is 0.0949. The minimum Gasteiger partial charge on any atom is -0.325 e. The Labute approximate surface area is 162 Å². The fourth-order valence-electron chi connectivity index (χ4n) is 5.37. The maximum atomic E-state index is 13.2. The number of nitrogens with zero attached hydrogens (tertiary/aromatic N) is 2. The molecule has 148 valence electrons. The molecule has 1 aromatic rings. The number of likely N-dealkylation sites (tertiary alicyclic amines) is 1. The Morgan fingerprint density at radius 3 is 2.19 bits per heavy atom. The van der Waals surface area contributed by atoms with E-state index >= 15 is 0 Å².